The van der Waals surface area contributed by atoms with Gasteiger partial charge < -0.3 is 0 Å². The van der Waals surface area contributed by atoms with E-state index in [1.54, 1.807) is 0 Å². The zero-order valence-corrected chi connectivity index (χ0v) is 11.7. The van der Waals surface area contributed by atoms with Gasteiger partial charge in [-0.25, -0.2) is 0 Å². The Bertz CT molecular complexity index is 434. The number of para-hydroxylation sites is 2. The number of anilines is 2. The molecule has 17 heavy (non-hydrogen) atoms. The SMILES string of the molecule is S=C(S)N(c1ccccc1)c1ccccc1.[Co]. The van der Waals surface area contributed by atoms with E-state index in [9.17, 15) is 0 Å². The van der Waals surface area contributed by atoms with Crippen LogP contribution in [0, 0.1) is 0 Å². The first-order chi connectivity index (χ1) is 7.79. The van der Waals surface area contributed by atoms with Crippen molar-refractivity contribution < 1.29 is 16.8 Å². The van der Waals surface area contributed by atoms with Gasteiger partial charge in [0, 0.05) is 28.2 Å². The van der Waals surface area contributed by atoms with Gasteiger partial charge in [0.2, 0.25) is 0 Å². The summed E-state index contributed by atoms with van der Waals surface area (Å²) >= 11 is 9.44. The van der Waals surface area contributed by atoms with Gasteiger partial charge in [-0.3, -0.25) is 4.90 Å². The molecule has 89 valence electrons. The largest absolute Gasteiger partial charge is 0.296 e. The van der Waals surface area contributed by atoms with Crippen LogP contribution in [0.2, 0.25) is 0 Å². The normalized spacial score (nSPS) is 9.24. The summed E-state index contributed by atoms with van der Waals surface area (Å²) in [6.45, 7) is 0. The number of hydrogen-bond acceptors (Lipinski definition) is 1. The Kier molecular flexibility index (Phi) is 5.71. The molecule has 0 aromatic heterocycles. The van der Waals surface area contributed by atoms with Crippen LogP contribution in [-0.4, -0.2) is 4.32 Å². The second-order valence-electron chi connectivity index (χ2n) is 3.29. The van der Waals surface area contributed by atoms with Gasteiger partial charge in [-0.1, -0.05) is 48.6 Å². The molecule has 0 aliphatic heterocycles. The zero-order valence-electron chi connectivity index (χ0n) is 8.91. The third-order valence-electron chi connectivity index (χ3n) is 2.22. The smallest absolute Gasteiger partial charge is 0.142 e. The van der Waals surface area contributed by atoms with E-state index in [-0.39, 0.29) is 16.8 Å². The summed E-state index contributed by atoms with van der Waals surface area (Å²) < 4.78 is 0.539. The first-order valence-corrected chi connectivity index (χ1v) is 5.78. The Balaban J connectivity index is 0.00000144. The van der Waals surface area contributed by atoms with Gasteiger partial charge in [0.25, 0.3) is 0 Å². The zero-order chi connectivity index (χ0) is 11.4. The van der Waals surface area contributed by atoms with Gasteiger partial charge in [0.15, 0.2) is 0 Å². The minimum atomic E-state index is 0. The molecule has 0 spiro atoms. The molecule has 0 N–H and O–H groups in total. The molecule has 2 aromatic carbocycles. The van der Waals surface area contributed by atoms with E-state index in [0.717, 1.165) is 11.4 Å². The van der Waals surface area contributed by atoms with Crippen LogP contribution in [-0.2, 0) is 16.8 Å². The first-order valence-electron chi connectivity index (χ1n) is 4.92. The van der Waals surface area contributed by atoms with Crippen LogP contribution < -0.4 is 4.90 Å². The Morgan fingerprint density at radius 3 is 1.47 bits per heavy atom. The van der Waals surface area contributed by atoms with Crippen LogP contribution in [0.5, 0.6) is 0 Å². The molecule has 2 aromatic rings. The second kappa shape index (κ2) is 6.81. The molecular weight excluding hydrogens is 293 g/mol. The average Bonchev–Trinajstić information content (AvgIpc) is 2.31. The van der Waals surface area contributed by atoms with Gasteiger partial charge in [-0.05, 0) is 24.3 Å². The van der Waals surface area contributed by atoms with Crippen LogP contribution in [0.4, 0.5) is 11.4 Å². The third-order valence-corrected chi connectivity index (χ3v) is 2.60. The number of hydrogen-bond donors (Lipinski definition) is 1. The third kappa shape index (κ3) is 3.57. The minimum Gasteiger partial charge on any atom is -0.296 e. The summed E-state index contributed by atoms with van der Waals surface area (Å²) in [6.07, 6.45) is 0. The van der Waals surface area contributed by atoms with E-state index in [4.69, 9.17) is 12.2 Å². The molecule has 0 fully saturated rings. The van der Waals surface area contributed by atoms with Gasteiger partial charge in [0.1, 0.15) is 4.32 Å². The molecular formula is C13H11CoNS2. The van der Waals surface area contributed by atoms with Crippen molar-refractivity contribution in [3.63, 3.8) is 0 Å². The molecule has 0 atom stereocenters. The van der Waals surface area contributed by atoms with E-state index < -0.39 is 0 Å². The Labute approximate surface area is 122 Å². The van der Waals surface area contributed by atoms with Crippen molar-refractivity contribution in [3.05, 3.63) is 60.7 Å². The molecule has 0 saturated heterocycles. The van der Waals surface area contributed by atoms with E-state index in [2.05, 4.69) is 12.6 Å². The molecule has 0 aliphatic carbocycles. The van der Waals surface area contributed by atoms with Crippen molar-refractivity contribution in [2.24, 2.45) is 0 Å². The summed E-state index contributed by atoms with van der Waals surface area (Å²) in [6, 6.07) is 19.9. The Hall–Kier alpha value is -0.814. The molecule has 0 amide bonds. The van der Waals surface area contributed by atoms with Gasteiger partial charge >= 0.3 is 0 Å². The summed E-state index contributed by atoms with van der Waals surface area (Å²) in [7, 11) is 0. The number of thiocarbonyl (C=S) groups is 1. The van der Waals surface area contributed by atoms with Crippen LogP contribution in [0.25, 0.3) is 0 Å². The number of rotatable bonds is 2. The summed E-state index contributed by atoms with van der Waals surface area (Å²) in [5.74, 6) is 0. The van der Waals surface area contributed by atoms with Gasteiger partial charge in [0.05, 0.1) is 0 Å². The van der Waals surface area contributed by atoms with Crippen molar-refractivity contribution in [2.75, 3.05) is 4.90 Å². The summed E-state index contributed by atoms with van der Waals surface area (Å²) in [5.41, 5.74) is 2.04. The van der Waals surface area contributed by atoms with Gasteiger partial charge in [-0.15, -0.1) is 12.6 Å². The summed E-state index contributed by atoms with van der Waals surface area (Å²) in [5, 5.41) is 0. The molecule has 0 bridgehead atoms. The van der Waals surface area contributed by atoms with Crippen LogP contribution in [0.3, 0.4) is 0 Å². The predicted molar refractivity (Wildman–Crippen MR) is 76.6 cm³/mol. The number of thiol groups is 1. The Morgan fingerprint density at radius 2 is 1.18 bits per heavy atom. The molecule has 0 saturated carbocycles. The summed E-state index contributed by atoms with van der Waals surface area (Å²) in [4.78, 5) is 1.93. The molecule has 1 radical (unpaired) electrons. The molecule has 1 nitrogen and oxygen atoms in total. The minimum absolute atomic E-state index is 0. The topological polar surface area (TPSA) is 3.24 Å². The monoisotopic (exact) mass is 304 g/mol. The molecule has 0 unspecified atom stereocenters. The molecule has 0 heterocycles. The molecule has 2 rings (SSSR count). The fourth-order valence-corrected chi connectivity index (χ4v) is 1.97. The maximum atomic E-state index is 5.17. The van der Waals surface area contributed by atoms with E-state index in [0.29, 0.717) is 4.32 Å². The quantitative estimate of drug-likeness (QED) is 0.659. The second-order valence-corrected chi connectivity index (χ2v) is 4.40. The van der Waals surface area contributed by atoms with Crippen LogP contribution in [0.1, 0.15) is 0 Å². The first kappa shape index (κ1) is 14.2. The number of benzene rings is 2. The van der Waals surface area contributed by atoms with Crippen molar-refractivity contribution >= 4 is 40.5 Å². The van der Waals surface area contributed by atoms with Crippen LogP contribution in [0.15, 0.2) is 60.7 Å². The van der Waals surface area contributed by atoms with Crippen molar-refractivity contribution in [3.8, 4) is 0 Å². The standard InChI is InChI=1S/C13H11NS2.Co/c15-13(16)14(11-7-3-1-4-8-11)12-9-5-2-6-10-12;/h1-10H,(H,15,16);. The predicted octanol–water partition coefficient (Wildman–Crippen LogP) is 4.04. The maximum absolute atomic E-state index is 5.17. The maximum Gasteiger partial charge on any atom is 0.142 e. The van der Waals surface area contributed by atoms with Gasteiger partial charge in [-0.2, -0.15) is 0 Å². The van der Waals surface area contributed by atoms with Crippen molar-refractivity contribution in [1.82, 2.24) is 0 Å². The van der Waals surface area contributed by atoms with Crippen molar-refractivity contribution in [2.45, 2.75) is 0 Å². The van der Waals surface area contributed by atoms with E-state index in [1.807, 2.05) is 65.6 Å². The molecule has 0 aliphatic rings. The Morgan fingerprint density at radius 1 is 0.824 bits per heavy atom. The average molecular weight is 304 g/mol. The fourth-order valence-electron chi connectivity index (χ4n) is 1.52. The number of nitrogens with zero attached hydrogens (tertiary/aromatic N) is 1. The van der Waals surface area contributed by atoms with E-state index in [1.165, 1.54) is 0 Å². The van der Waals surface area contributed by atoms with E-state index >= 15 is 0 Å². The fraction of sp³-hybridized carbons (Fsp3) is 0. The molecule has 4 heteroatoms. The van der Waals surface area contributed by atoms with Crippen molar-refractivity contribution in [1.29, 1.82) is 0 Å². The van der Waals surface area contributed by atoms with Crippen LogP contribution >= 0.6 is 24.8 Å².